The molecule has 4 heteroatoms. The number of nitriles is 1. The van der Waals surface area contributed by atoms with Gasteiger partial charge < -0.3 is 11.1 Å². The molecule has 0 radical (unpaired) electrons. The second-order valence-corrected chi connectivity index (χ2v) is 3.96. The summed E-state index contributed by atoms with van der Waals surface area (Å²) in [7, 11) is 0. The zero-order valence-corrected chi connectivity index (χ0v) is 9.94. The van der Waals surface area contributed by atoms with Gasteiger partial charge in [-0.3, -0.25) is 4.79 Å². The second-order valence-electron chi connectivity index (χ2n) is 3.96. The molecule has 90 valence electrons. The molecular weight excluding hydrogens is 214 g/mol. The average Bonchev–Trinajstić information content (AvgIpc) is 2.36. The zero-order chi connectivity index (χ0) is 12.7. The topological polar surface area (TPSA) is 78.9 Å². The van der Waals surface area contributed by atoms with Crippen molar-refractivity contribution in [2.45, 2.75) is 32.4 Å². The van der Waals surface area contributed by atoms with E-state index in [1.807, 2.05) is 13.0 Å². The first-order chi connectivity index (χ1) is 8.15. The molecule has 0 aliphatic heterocycles. The Kier molecular flexibility index (Phi) is 5.18. The van der Waals surface area contributed by atoms with E-state index in [1.54, 1.807) is 18.2 Å². The summed E-state index contributed by atoms with van der Waals surface area (Å²) in [5.74, 6) is -0.0540. The van der Waals surface area contributed by atoms with Crippen LogP contribution < -0.4 is 11.1 Å². The first kappa shape index (κ1) is 13.2. The summed E-state index contributed by atoms with van der Waals surface area (Å²) in [4.78, 5) is 11.5. The van der Waals surface area contributed by atoms with Crippen molar-refractivity contribution in [1.82, 2.24) is 5.32 Å². The fourth-order valence-electron chi connectivity index (χ4n) is 1.41. The van der Waals surface area contributed by atoms with Gasteiger partial charge in [0.05, 0.1) is 11.6 Å². The molecule has 0 heterocycles. The van der Waals surface area contributed by atoms with Gasteiger partial charge in [-0.15, -0.1) is 0 Å². The monoisotopic (exact) mass is 231 g/mol. The van der Waals surface area contributed by atoms with Gasteiger partial charge >= 0.3 is 0 Å². The number of benzene rings is 1. The molecule has 1 unspecified atom stereocenters. The number of nitrogens with zero attached hydrogens (tertiary/aromatic N) is 1. The molecule has 0 saturated heterocycles. The van der Waals surface area contributed by atoms with E-state index in [1.165, 1.54) is 0 Å². The smallest absolute Gasteiger partial charge is 0.221 e. The summed E-state index contributed by atoms with van der Waals surface area (Å²) in [5.41, 5.74) is 7.20. The maximum absolute atomic E-state index is 11.5. The number of amides is 1. The highest BCUT2D eigenvalue weighted by atomic mass is 16.1. The molecule has 3 N–H and O–H groups in total. The number of nitrogens with two attached hydrogens (primary N) is 1. The van der Waals surface area contributed by atoms with Crippen LogP contribution in [-0.4, -0.2) is 11.9 Å². The Bertz CT molecular complexity index is 423. The Morgan fingerprint density at radius 2 is 2.35 bits per heavy atom. The van der Waals surface area contributed by atoms with Crippen molar-refractivity contribution in [3.05, 3.63) is 35.4 Å². The van der Waals surface area contributed by atoms with Crippen LogP contribution in [0, 0.1) is 11.3 Å². The number of carbonyl (C=O) groups is 1. The molecule has 0 spiro atoms. The molecule has 4 nitrogen and oxygen atoms in total. The molecule has 1 rings (SSSR count). The summed E-state index contributed by atoms with van der Waals surface area (Å²) in [6, 6.07) is 9.16. The SMILES string of the molecule is CCC(N)CC(=O)NCc1cccc(C#N)c1. The number of hydrogen-bond acceptors (Lipinski definition) is 3. The molecule has 0 aliphatic rings. The Hall–Kier alpha value is -1.86. The van der Waals surface area contributed by atoms with Crippen LogP contribution in [-0.2, 0) is 11.3 Å². The van der Waals surface area contributed by atoms with Crippen LogP contribution in [0.25, 0.3) is 0 Å². The van der Waals surface area contributed by atoms with Gasteiger partial charge in [0.15, 0.2) is 0 Å². The second kappa shape index (κ2) is 6.66. The largest absolute Gasteiger partial charge is 0.352 e. The van der Waals surface area contributed by atoms with Crippen LogP contribution in [0.15, 0.2) is 24.3 Å². The minimum Gasteiger partial charge on any atom is -0.352 e. The van der Waals surface area contributed by atoms with Crippen LogP contribution in [0.1, 0.15) is 30.9 Å². The first-order valence-corrected chi connectivity index (χ1v) is 5.67. The normalized spacial score (nSPS) is 11.6. The van der Waals surface area contributed by atoms with E-state index < -0.39 is 0 Å². The highest BCUT2D eigenvalue weighted by Crippen LogP contribution is 2.04. The van der Waals surface area contributed by atoms with E-state index >= 15 is 0 Å². The molecule has 1 aromatic carbocycles. The summed E-state index contributed by atoms with van der Waals surface area (Å²) >= 11 is 0. The Labute approximate surface area is 101 Å². The number of carbonyl (C=O) groups excluding carboxylic acids is 1. The number of nitrogens with one attached hydrogen (secondary N) is 1. The van der Waals surface area contributed by atoms with Crippen molar-refractivity contribution >= 4 is 5.91 Å². The fraction of sp³-hybridized carbons (Fsp3) is 0.385. The zero-order valence-electron chi connectivity index (χ0n) is 9.94. The van der Waals surface area contributed by atoms with Gasteiger partial charge in [-0.2, -0.15) is 5.26 Å². The van der Waals surface area contributed by atoms with Crippen LogP contribution in [0.5, 0.6) is 0 Å². The average molecular weight is 231 g/mol. The maximum atomic E-state index is 11.5. The van der Waals surface area contributed by atoms with E-state index in [0.29, 0.717) is 18.5 Å². The fourth-order valence-corrected chi connectivity index (χ4v) is 1.41. The van der Waals surface area contributed by atoms with Gasteiger partial charge in [-0.1, -0.05) is 19.1 Å². The summed E-state index contributed by atoms with van der Waals surface area (Å²) in [5, 5.41) is 11.5. The van der Waals surface area contributed by atoms with Gasteiger partial charge in [-0.05, 0) is 24.1 Å². The lowest BCUT2D eigenvalue weighted by Gasteiger charge is -2.09. The van der Waals surface area contributed by atoms with Gasteiger partial charge in [-0.25, -0.2) is 0 Å². The quantitative estimate of drug-likeness (QED) is 0.801. The third kappa shape index (κ3) is 4.66. The first-order valence-electron chi connectivity index (χ1n) is 5.67. The van der Waals surface area contributed by atoms with E-state index in [2.05, 4.69) is 11.4 Å². The molecule has 0 bridgehead atoms. The minimum atomic E-state index is -0.0829. The minimum absolute atomic E-state index is 0.0540. The summed E-state index contributed by atoms with van der Waals surface area (Å²) in [6.07, 6.45) is 1.13. The van der Waals surface area contributed by atoms with Crippen LogP contribution >= 0.6 is 0 Å². The Morgan fingerprint density at radius 3 is 3.00 bits per heavy atom. The molecule has 0 fully saturated rings. The lowest BCUT2D eigenvalue weighted by atomic mass is 10.1. The van der Waals surface area contributed by atoms with Crippen molar-refractivity contribution in [3.8, 4) is 6.07 Å². The van der Waals surface area contributed by atoms with Crippen molar-refractivity contribution in [2.24, 2.45) is 5.73 Å². The molecule has 17 heavy (non-hydrogen) atoms. The highest BCUT2D eigenvalue weighted by Gasteiger charge is 2.06. The van der Waals surface area contributed by atoms with E-state index in [0.717, 1.165) is 12.0 Å². The summed E-state index contributed by atoms with van der Waals surface area (Å²) in [6.45, 7) is 2.39. The van der Waals surface area contributed by atoms with Gasteiger partial charge in [0.25, 0.3) is 0 Å². The molecule has 0 aliphatic carbocycles. The predicted molar refractivity (Wildman–Crippen MR) is 65.9 cm³/mol. The highest BCUT2D eigenvalue weighted by molar-refractivity contribution is 5.76. The standard InChI is InChI=1S/C13H17N3O/c1-2-12(15)7-13(17)16-9-11-5-3-4-10(6-11)8-14/h3-6,12H,2,7,9,15H2,1H3,(H,16,17). The van der Waals surface area contributed by atoms with Crippen LogP contribution in [0.2, 0.25) is 0 Å². The van der Waals surface area contributed by atoms with Crippen LogP contribution in [0.4, 0.5) is 0 Å². The van der Waals surface area contributed by atoms with Crippen molar-refractivity contribution in [1.29, 1.82) is 5.26 Å². The van der Waals surface area contributed by atoms with Gasteiger partial charge in [0.2, 0.25) is 5.91 Å². The number of rotatable bonds is 5. The molecule has 1 amide bonds. The van der Waals surface area contributed by atoms with Crippen molar-refractivity contribution < 1.29 is 4.79 Å². The molecule has 1 atom stereocenters. The van der Waals surface area contributed by atoms with E-state index in [9.17, 15) is 4.79 Å². The number of hydrogen-bond donors (Lipinski definition) is 2. The predicted octanol–water partition coefficient (Wildman–Crippen LogP) is 1.30. The molecule has 0 aromatic heterocycles. The third-order valence-electron chi connectivity index (χ3n) is 2.52. The third-order valence-corrected chi connectivity index (χ3v) is 2.52. The molecule has 1 aromatic rings. The molecular formula is C13H17N3O. The molecule has 0 saturated carbocycles. The van der Waals surface area contributed by atoms with E-state index in [4.69, 9.17) is 11.0 Å². The maximum Gasteiger partial charge on any atom is 0.221 e. The van der Waals surface area contributed by atoms with Crippen molar-refractivity contribution in [2.75, 3.05) is 0 Å². The lowest BCUT2D eigenvalue weighted by Crippen LogP contribution is -2.30. The van der Waals surface area contributed by atoms with Gasteiger partial charge in [0.1, 0.15) is 0 Å². The summed E-state index contributed by atoms with van der Waals surface area (Å²) < 4.78 is 0. The van der Waals surface area contributed by atoms with Crippen LogP contribution in [0.3, 0.4) is 0 Å². The van der Waals surface area contributed by atoms with Crippen molar-refractivity contribution in [3.63, 3.8) is 0 Å². The van der Waals surface area contributed by atoms with Gasteiger partial charge in [0, 0.05) is 19.0 Å². The van der Waals surface area contributed by atoms with E-state index in [-0.39, 0.29) is 11.9 Å². The Morgan fingerprint density at radius 1 is 1.59 bits per heavy atom. The lowest BCUT2D eigenvalue weighted by molar-refractivity contribution is -0.121. The Balaban J connectivity index is 2.45.